The Kier molecular flexibility index (Phi) is 10.2. The van der Waals surface area contributed by atoms with E-state index in [1.54, 1.807) is 12.1 Å². The minimum absolute atomic E-state index is 0.0245. The van der Waals surface area contributed by atoms with Gasteiger partial charge in [0.15, 0.2) is 5.78 Å². The molecule has 73 heavy (non-hydrogen) atoms. The summed E-state index contributed by atoms with van der Waals surface area (Å²) in [4.78, 5) is 48.4. The molecule has 8 heteroatoms. The van der Waals surface area contributed by atoms with Crippen molar-refractivity contribution in [2.45, 2.75) is 39.5 Å². The Bertz CT molecular complexity index is 3930. The van der Waals surface area contributed by atoms with E-state index < -0.39 is 11.8 Å². The number of ether oxygens (including phenoxy) is 4. The third kappa shape index (κ3) is 6.85. The minimum atomic E-state index is -0.487. The van der Waals surface area contributed by atoms with Crippen LogP contribution in [0.2, 0.25) is 0 Å². The summed E-state index contributed by atoms with van der Waals surface area (Å²) in [5.74, 6) is 2.44. The fourth-order valence-electron chi connectivity index (χ4n) is 11.0. The van der Waals surface area contributed by atoms with Crippen molar-refractivity contribution in [2.75, 3.05) is 4.90 Å². The molecule has 0 N–H and O–H groups in total. The molecule has 0 radical (unpaired) electrons. The van der Waals surface area contributed by atoms with Gasteiger partial charge in [-0.1, -0.05) is 143 Å². The Balaban J connectivity index is 1.28. The number of ketones is 1. The van der Waals surface area contributed by atoms with Crippen molar-refractivity contribution in [1.82, 2.24) is 0 Å². The van der Waals surface area contributed by atoms with Crippen LogP contribution in [0.1, 0.15) is 87.3 Å². The summed E-state index contributed by atoms with van der Waals surface area (Å²) in [6.07, 6.45) is 0. The van der Waals surface area contributed by atoms with E-state index in [1.165, 1.54) is 4.90 Å². The highest BCUT2D eigenvalue weighted by Gasteiger charge is 2.42. The number of imide groups is 1. The smallest absolute Gasteiger partial charge is 0.266 e. The maximum atomic E-state index is 15.9. The zero-order chi connectivity index (χ0) is 49.6. The number of fused-ring (bicyclic) bond motifs is 4. The number of anilines is 1. The summed E-state index contributed by atoms with van der Waals surface area (Å²) in [5, 5.41) is 4.59. The Morgan fingerprint density at radius 2 is 0.644 bits per heavy atom. The fourth-order valence-corrected chi connectivity index (χ4v) is 11.0. The van der Waals surface area contributed by atoms with Gasteiger partial charge in [-0.2, -0.15) is 0 Å². The lowest BCUT2D eigenvalue weighted by molar-refractivity contribution is 0.0891. The Morgan fingerprint density at radius 1 is 0.315 bits per heavy atom. The SMILES string of the molecule is CC(C)c1cccc(C(C)C)c1N1C(=O)c2cc(Oc3ccccc3)c3c4c(Oc5ccccc5)cc5c6c(cc(Oc7ccccc7)c(c7c(Oc8ccccc8)cc(c2c37)C1=O)c64)-c1ccccc1C5=O. The lowest BCUT2D eigenvalue weighted by atomic mass is 9.77. The van der Waals surface area contributed by atoms with Gasteiger partial charge in [-0.15, -0.1) is 0 Å². The number of hydrogen-bond donors (Lipinski definition) is 0. The average Bonchev–Trinajstić information content (AvgIpc) is 3.41. The van der Waals surface area contributed by atoms with Gasteiger partial charge in [0.25, 0.3) is 11.8 Å². The predicted molar refractivity (Wildman–Crippen MR) is 288 cm³/mol. The molecule has 11 aromatic rings. The molecule has 2 aliphatic rings. The second-order valence-electron chi connectivity index (χ2n) is 19.3. The van der Waals surface area contributed by atoms with Gasteiger partial charge in [-0.25, -0.2) is 4.90 Å². The van der Waals surface area contributed by atoms with Gasteiger partial charge in [0.05, 0.1) is 16.8 Å². The standard InChI is InChI=1S/C65H45NO7/c1-36(2)42-30-19-31-43(37(3)4)62(42)66-64(68)48-34-52(72-40-24-13-7-14-25-40)58-56-50(70-38-20-9-5-10-21-38)32-46-44-28-17-18-29-45(44)63(67)47-33-51(71-39-22-11-6-12-23-39)57(60(56)54(46)47)59-53(73-41-26-15-8-16-27-41)35-49(65(66)69)55(48)61(58)59/h5-37H,1-4H3. The Hall–Kier alpha value is -9.27. The maximum absolute atomic E-state index is 15.9. The van der Waals surface area contributed by atoms with Crippen LogP contribution in [0.4, 0.5) is 5.69 Å². The third-order valence-electron chi connectivity index (χ3n) is 14.2. The van der Waals surface area contributed by atoms with Crippen LogP contribution in [0, 0.1) is 0 Å². The molecule has 11 aromatic carbocycles. The molecule has 0 aromatic heterocycles. The fraction of sp³-hybridized carbons (Fsp3) is 0.0923. The second-order valence-corrected chi connectivity index (χ2v) is 19.3. The van der Waals surface area contributed by atoms with E-state index in [2.05, 4.69) is 27.7 Å². The quantitative estimate of drug-likeness (QED) is 0.0724. The van der Waals surface area contributed by atoms with Crippen molar-refractivity contribution in [3.8, 4) is 57.1 Å². The summed E-state index contributed by atoms with van der Waals surface area (Å²) in [7, 11) is 0. The van der Waals surface area contributed by atoms with Crippen molar-refractivity contribution >= 4 is 66.4 Å². The summed E-state index contributed by atoms with van der Waals surface area (Å²) in [5.41, 5.74) is 5.40. The molecule has 1 aliphatic carbocycles. The van der Waals surface area contributed by atoms with Crippen molar-refractivity contribution < 1.29 is 33.3 Å². The molecule has 1 heterocycles. The highest BCUT2D eigenvalue weighted by molar-refractivity contribution is 6.47. The van der Waals surface area contributed by atoms with Crippen LogP contribution in [-0.2, 0) is 0 Å². The summed E-state index contributed by atoms with van der Waals surface area (Å²) >= 11 is 0. The monoisotopic (exact) mass is 951 g/mol. The number of rotatable bonds is 11. The molecule has 352 valence electrons. The number of amides is 2. The highest BCUT2D eigenvalue weighted by Crippen LogP contribution is 2.59. The highest BCUT2D eigenvalue weighted by atomic mass is 16.5. The molecule has 0 spiro atoms. The van der Waals surface area contributed by atoms with E-state index in [1.807, 2.05) is 176 Å². The second kappa shape index (κ2) is 17.0. The number of para-hydroxylation sites is 5. The van der Waals surface area contributed by atoms with Crippen molar-refractivity contribution in [2.24, 2.45) is 0 Å². The van der Waals surface area contributed by atoms with Crippen LogP contribution < -0.4 is 23.8 Å². The average molecular weight is 952 g/mol. The number of hydrogen-bond acceptors (Lipinski definition) is 7. The van der Waals surface area contributed by atoms with Crippen molar-refractivity contribution in [3.63, 3.8) is 0 Å². The van der Waals surface area contributed by atoms with Crippen LogP contribution in [-0.4, -0.2) is 17.6 Å². The molecule has 0 atom stereocenters. The van der Waals surface area contributed by atoms with E-state index in [9.17, 15) is 0 Å². The first-order valence-corrected chi connectivity index (χ1v) is 24.6. The van der Waals surface area contributed by atoms with Crippen LogP contribution in [0.3, 0.4) is 0 Å². The molecule has 2 amide bonds. The van der Waals surface area contributed by atoms with Gasteiger partial charge in [0, 0.05) is 54.2 Å². The summed E-state index contributed by atoms with van der Waals surface area (Å²) < 4.78 is 28.4. The van der Waals surface area contributed by atoms with E-state index in [0.29, 0.717) is 106 Å². The number of benzene rings is 11. The predicted octanol–water partition coefficient (Wildman–Crippen LogP) is 17.2. The van der Waals surface area contributed by atoms with E-state index >= 15 is 14.4 Å². The maximum Gasteiger partial charge on any atom is 0.266 e. The molecule has 0 bridgehead atoms. The van der Waals surface area contributed by atoms with Gasteiger partial charge in [-0.3, -0.25) is 14.4 Å². The zero-order valence-corrected chi connectivity index (χ0v) is 40.4. The van der Waals surface area contributed by atoms with Crippen LogP contribution >= 0.6 is 0 Å². The van der Waals surface area contributed by atoms with Gasteiger partial charge in [0.2, 0.25) is 0 Å². The molecular weight excluding hydrogens is 907 g/mol. The number of carbonyl (C=O) groups excluding carboxylic acids is 3. The van der Waals surface area contributed by atoms with Crippen molar-refractivity contribution in [3.05, 3.63) is 221 Å². The summed E-state index contributed by atoms with van der Waals surface area (Å²) in [6, 6.07) is 58.9. The molecule has 13 rings (SSSR count). The van der Waals surface area contributed by atoms with Gasteiger partial charge >= 0.3 is 0 Å². The molecule has 8 nitrogen and oxygen atoms in total. The lowest BCUT2D eigenvalue weighted by Crippen LogP contribution is -2.42. The van der Waals surface area contributed by atoms with E-state index in [4.69, 9.17) is 18.9 Å². The van der Waals surface area contributed by atoms with Gasteiger partial charge in [0.1, 0.15) is 46.0 Å². The normalized spacial score (nSPS) is 13.0. The zero-order valence-electron chi connectivity index (χ0n) is 40.4. The topological polar surface area (TPSA) is 91.4 Å². The first kappa shape index (κ1) is 43.7. The number of carbonyl (C=O) groups is 3. The molecule has 0 fully saturated rings. The Morgan fingerprint density at radius 3 is 1.03 bits per heavy atom. The van der Waals surface area contributed by atoms with Crippen LogP contribution in [0.5, 0.6) is 46.0 Å². The molecular formula is C65H45NO7. The van der Waals surface area contributed by atoms with Crippen LogP contribution in [0.15, 0.2) is 188 Å². The molecule has 1 aliphatic heterocycles. The third-order valence-corrected chi connectivity index (χ3v) is 14.2. The largest absolute Gasteiger partial charge is 0.457 e. The minimum Gasteiger partial charge on any atom is -0.457 e. The Labute approximate surface area is 420 Å². The van der Waals surface area contributed by atoms with Gasteiger partial charge in [-0.05, 0) is 107 Å². The summed E-state index contributed by atoms with van der Waals surface area (Å²) in [6.45, 7) is 8.29. The molecule has 0 saturated carbocycles. The number of nitrogens with zero attached hydrogens (tertiary/aromatic N) is 1. The van der Waals surface area contributed by atoms with E-state index in [0.717, 1.165) is 22.3 Å². The van der Waals surface area contributed by atoms with Crippen molar-refractivity contribution in [1.29, 1.82) is 0 Å². The molecule has 0 saturated heterocycles. The lowest BCUT2D eigenvalue weighted by Gasteiger charge is -2.34. The first-order valence-electron chi connectivity index (χ1n) is 24.6. The first-order chi connectivity index (χ1) is 35.6. The van der Waals surface area contributed by atoms with Gasteiger partial charge < -0.3 is 18.9 Å². The van der Waals surface area contributed by atoms with E-state index in [-0.39, 0.29) is 28.7 Å². The van der Waals surface area contributed by atoms with Crippen LogP contribution in [0.25, 0.3) is 54.2 Å². The molecule has 0 unspecified atom stereocenters.